The fourth-order valence-electron chi connectivity index (χ4n) is 8.38. The van der Waals surface area contributed by atoms with E-state index in [1.807, 2.05) is 0 Å². The van der Waals surface area contributed by atoms with Crippen molar-refractivity contribution in [2.45, 2.75) is 69.5 Å². The number of aromatic hydroxyl groups is 1. The molecule has 0 aliphatic carbocycles. The average Bonchev–Trinajstić information content (AvgIpc) is 3.69. The van der Waals surface area contributed by atoms with Gasteiger partial charge in [0.15, 0.2) is 5.82 Å². The topological polar surface area (TPSA) is 73.8 Å². The number of aromatic nitrogens is 2. The number of piperazine rings is 1. The zero-order valence-corrected chi connectivity index (χ0v) is 24.8. The molecule has 5 heterocycles. The van der Waals surface area contributed by atoms with E-state index in [-0.39, 0.29) is 51.4 Å². The number of phenolic OH excluding ortho intramolecular Hbond substituents is 1. The van der Waals surface area contributed by atoms with Gasteiger partial charge in [0.2, 0.25) is 0 Å². The van der Waals surface area contributed by atoms with Gasteiger partial charge in [0.1, 0.15) is 35.3 Å². The van der Waals surface area contributed by atoms with Gasteiger partial charge in [0.05, 0.1) is 11.1 Å². The molecule has 2 unspecified atom stereocenters. The van der Waals surface area contributed by atoms with E-state index in [4.69, 9.17) is 9.72 Å². The molecule has 2 N–H and O–H groups in total. The molecule has 4 fully saturated rings. The highest BCUT2D eigenvalue weighted by Crippen LogP contribution is 2.43. The summed E-state index contributed by atoms with van der Waals surface area (Å²) in [6.45, 7) is 5.64. The number of rotatable bonds is 6. The lowest BCUT2D eigenvalue weighted by Gasteiger charge is -2.34. The van der Waals surface area contributed by atoms with Gasteiger partial charge in [-0.3, -0.25) is 4.90 Å². The Morgan fingerprint density at radius 2 is 1.75 bits per heavy atom. The molecule has 44 heavy (non-hydrogen) atoms. The van der Waals surface area contributed by atoms with Crippen molar-refractivity contribution in [1.82, 2.24) is 20.2 Å². The number of hydrogen-bond donors (Lipinski definition) is 2. The second-order valence-corrected chi connectivity index (χ2v) is 13.0. The van der Waals surface area contributed by atoms with Crippen LogP contribution in [0.4, 0.5) is 19.0 Å². The number of ether oxygens (including phenoxy) is 1. The van der Waals surface area contributed by atoms with Crippen molar-refractivity contribution in [3.05, 3.63) is 53.3 Å². The highest BCUT2D eigenvalue weighted by Gasteiger charge is 2.45. The second kappa shape index (κ2) is 10.5. The highest BCUT2D eigenvalue weighted by molar-refractivity contribution is 6.03. The van der Waals surface area contributed by atoms with Crippen molar-refractivity contribution in [2.24, 2.45) is 0 Å². The number of hydrogen-bond acceptors (Lipinski definition) is 7. The fourth-order valence-corrected chi connectivity index (χ4v) is 8.38. The Balaban J connectivity index is 1.31. The lowest BCUT2D eigenvalue weighted by atomic mass is 9.91. The quantitative estimate of drug-likeness (QED) is 0.277. The van der Waals surface area contributed by atoms with Crippen molar-refractivity contribution >= 4 is 27.5 Å². The van der Waals surface area contributed by atoms with E-state index in [2.05, 4.69) is 20.1 Å². The summed E-state index contributed by atoms with van der Waals surface area (Å²) in [7, 11) is 0. The molecule has 10 heteroatoms. The van der Waals surface area contributed by atoms with Gasteiger partial charge in [0.25, 0.3) is 0 Å². The number of fused-ring (bicyclic) bond motifs is 5. The van der Waals surface area contributed by atoms with Gasteiger partial charge in [-0.2, -0.15) is 9.97 Å². The van der Waals surface area contributed by atoms with Crippen molar-refractivity contribution < 1.29 is 23.0 Å². The zero-order valence-electron chi connectivity index (χ0n) is 24.8. The third-order valence-corrected chi connectivity index (χ3v) is 10.4. The van der Waals surface area contributed by atoms with E-state index in [9.17, 15) is 9.50 Å². The molecule has 2 atom stereocenters. The first-order valence-electron chi connectivity index (χ1n) is 15.9. The van der Waals surface area contributed by atoms with E-state index in [0.29, 0.717) is 48.3 Å². The summed E-state index contributed by atoms with van der Waals surface area (Å²) >= 11 is 0. The Labute approximate surface area is 254 Å². The predicted octanol–water partition coefficient (Wildman–Crippen LogP) is 6.08. The molecule has 4 saturated heterocycles. The summed E-state index contributed by atoms with van der Waals surface area (Å²) in [6.07, 6.45) is 6.71. The Morgan fingerprint density at radius 3 is 2.48 bits per heavy atom. The number of benzene rings is 3. The SMILES string of the molecule is CCc1c(F)ccc2cc(O)cc(-c3c(F)cc4c(N5CC6CCC(C5)N6)nc(OCC56CCCN5CCC6)nc4c3F)c12. The van der Waals surface area contributed by atoms with Crippen molar-refractivity contribution in [3.8, 4) is 22.9 Å². The van der Waals surface area contributed by atoms with Crippen LogP contribution in [0, 0.1) is 17.5 Å². The molecule has 8 rings (SSSR count). The molecule has 4 aromatic rings. The van der Waals surface area contributed by atoms with E-state index in [1.54, 1.807) is 6.92 Å². The minimum atomic E-state index is -0.883. The molecule has 230 valence electrons. The largest absolute Gasteiger partial charge is 0.508 e. The molecule has 0 saturated carbocycles. The summed E-state index contributed by atoms with van der Waals surface area (Å²) < 4.78 is 54.4. The molecular formula is C34H36F3N5O2. The standard InChI is InChI=1S/C34H36F3N5O2/c1-2-23-26(35)8-5-19-13-22(43)14-24(28(19)23)29-27(36)15-25-31(30(29)37)39-33(44-18-34-9-3-11-42(34)12-4-10-34)40-32(25)41-16-20-6-7-21(17-41)38-20/h5,8,13-15,20-21,38,43H,2-4,6-7,9-12,16-18H2,1H3. The number of halogens is 3. The summed E-state index contributed by atoms with van der Waals surface area (Å²) in [6, 6.07) is 7.53. The minimum Gasteiger partial charge on any atom is -0.508 e. The maximum atomic E-state index is 16.9. The van der Waals surface area contributed by atoms with Crippen LogP contribution >= 0.6 is 0 Å². The molecular weight excluding hydrogens is 567 g/mol. The molecule has 2 bridgehead atoms. The van der Waals surface area contributed by atoms with E-state index < -0.39 is 17.5 Å². The summed E-state index contributed by atoms with van der Waals surface area (Å²) in [5, 5.41) is 15.3. The molecule has 4 aliphatic heterocycles. The Morgan fingerprint density at radius 1 is 1.00 bits per heavy atom. The fraction of sp³-hybridized carbons (Fsp3) is 0.471. The smallest absolute Gasteiger partial charge is 0.319 e. The van der Waals surface area contributed by atoms with Gasteiger partial charge in [-0.15, -0.1) is 0 Å². The van der Waals surface area contributed by atoms with Gasteiger partial charge in [-0.05, 0) is 104 Å². The van der Waals surface area contributed by atoms with Crippen LogP contribution in [0.15, 0.2) is 30.3 Å². The predicted molar refractivity (Wildman–Crippen MR) is 164 cm³/mol. The van der Waals surface area contributed by atoms with Gasteiger partial charge in [-0.25, -0.2) is 13.2 Å². The first kappa shape index (κ1) is 27.9. The summed E-state index contributed by atoms with van der Waals surface area (Å²) in [5.41, 5.74) is -0.0451. The van der Waals surface area contributed by atoms with Crippen LogP contribution in [0.25, 0.3) is 32.8 Å². The Hall–Kier alpha value is -3.63. The molecule has 7 nitrogen and oxygen atoms in total. The molecule has 3 aromatic carbocycles. The van der Waals surface area contributed by atoms with E-state index in [1.165, 1.54) is 30.3 Å². The maximum Gasteiger partial charge on any atom is 0.319 e. The van der Waals surface area contributed by atoms with Crippen LogP contribution in [0.2, 0.25) is 0 Å². The maximum absolute atomic E-state index is 16.9. The number of nitrogens with one attached hydrogen (secondary N) is 1. The highest BCUT2D eigenvalue weighted by atomic mass is 19.1. The second-order valence-electron chi connectivity index (χ2n) is 13.0. The van der Waals surface area contributed by atoms with Crippen molar-refractivity contribution in [1.29, 1.82) is 0 Å². The molecule has 4 aliphatic rings. The third kappa shape index (κ3) is 4.40. The number of phenols is 1. The van der Waals surface area contributed by atoms with Crippen LogP contribution < -0.4 is 15.0 Å². The number of nitrogens with zero attached hydrogens (tertiary/aromatic N) is 4. The van der Waals surface area contributed by atoms with Crippen LogP contribution in [0.3, 0.4) is 0 Å². The molecule has 0 spiro atoms. The summed E-state index contributed by atoms with van der Waals surface area (Å²) in [4.78, 5) is 14.0. The van der Waals surface area contributed by atoms with Gasteiger partial charge < -0.3 is 20.1 Å². The van der Waals surface area contributed by atoms with E-state index >= 15 is 8.78 Å². The lowest BCUT2D eigenvalue weighted by molar-refractivity contribution is 0.108. The van der Waals surface area contributed by atoms with Gasteiger partial charge in [-0.1, -0.05) is 13.0 Å². The van der Waals surface area contributed by atoms with Crippen molar-refractivity contribution in [3.63, 3.8) is 0 Å². The van der Waals surface area contributed by atoms with E-state index in [0.717, 1.165) is 51.6 Å². The monoisotopic (exact) mass is 603 g/mol. The molecule has 1 aromatic heterocycles. The normalized spacial score (nSPS) is 22.8. The number of aryl methyl sites for hydroxylation is 1. The first-order chi connectivity index (χ1) is 21.3. The van der Waals surface area contributed by atoms with Crippen LogP contribution in [0.1, 0.15) is 51.0 Å². The lowest BCUT2D eigenvalue weighted by Crippen LogP contribution is -2.51. The Kier molecular flexibility index (Phi) is 6.64. The number of anilines is 1. The zero-order chi connectivity index (χ0) is 30.2. The third-order valence-electron chi connectivity index (χ3n) is 10.4. The average molecular weight is 604 g/mol. The molecule has 0 amide bonds. The van der Waals surface area contributed by atoms with Crippen LogP contribution in [0.5, 0.6) is 11.8 Å². The van der Waals surface area contributed by atoms with Gasteiger partial charge >= 0.3 is 6.01 Å². The molecule has 0 radical (unpaired) electrons. The van der Waals surface area contributed by atoms with Crippen molar-refractivity contribution in [2.75, 3.05) is 37.7 Å². The van der Waals surface area contributed by atoms with Crippen LogP contribution in [-0.2, 0) is 6.42 Å². The van der Waals surface area contributed by atoms with Gasteiger partial charge in [0, 0.05) is 30.6 Å². The Bertz CT molecular complexity index is 1780. The minimum absolute atomic E-state index is 0.0505. The summed E-state index contributed by atoms with van der Waals surface area (Å²) in [5.74, 6) is -1.88. The first-order valence-corrected chi connectivity index (χ1v) is 15.9. The van der Waals surface area contributed by atoms with Crippen LogP contribution in [-0.4, -0.2) is 70.4 Å².